The van der Waals surface area contributed by atoms with Crippen LogP contribution < -0.4 is 4.74 Å². The first kappa shape index (κ1) is 16.5. The number of ketones is 1. The van der Waals surface area contributed by atoms with Gasteiger partial charge in [-0.2, -0.15) is 0 Å². The van der Waals surface area contributed by atoms with Gasteiger partial charge < -0.3 is 14.9 Å². The van der Waals surface area contributed by atoms with Gasteiger partial charge in [-0.25, -0.2) is 0 Å². The lowest BCUT2D eigenvalue weighted by molar-refractivity contribution is -0.136. The Labute approximate surface area is 132 Å². The Balaban J connectivity index is 2.29. The molecule has 22 heavy (non-hydrogen) atoms. The third-order valence-corrected chi connectivity index (χ3v) is 4.50. The van der Waals surface area contributed by atoms with E-state index in [4.69, 9.17) is 14.9 Å². The van der Waals surface area contributed by atoms with Crippen LogP contribution in [-0.2, 0) is 11.2 Å². The average Bonchev–Trinajstić information content (AvgIpc) is 2.92. The number of hydrogen-bond acceptors (Lipinski definition) is 5. The Morgan fingerprint density at radius 3 is 2.64 bits per heavy atom. The van der Waals surface area contributed by atoms with Gasteiger partial charge in [0.1, 0.15) is 5.75 Å². The Hall–Kier alpha value is -1.92. The second-order valence-corrected chi connectivity index (χ2v) is 6.04. The molecule has 1 aromatic heterocycles. The van der Waals surface area contributed by atoms with E-state index in [1.165, 1.54) is 11.3 Å². The van der Waals surface area contributed by atoms with Crippen LogP contribution in [0.25, 0.3) is 10.1 Å². The maximum absolute atomic E-state index is 12.0. The smallest absolute Gasteiger partial charge is 0.303 e. The molecule has 118 valence electrons. The first-order chi connectivity index (χ1) is 10.5. The molecule has 2 N–H and O–H groups in total. The van der Waals surface area contributed by atoms with Crippen molar-refractivity contribution in [3.63, 3.8) is 0 Å². The van der Waals surface area contributed by atoms with Gasteiger partial charge in [-0.3, -0.25) is 9.59 Å². The lowest BCUT2D eigenvalue weighted by Gasteiger charge is -2.07. The topological polar surface area (TPSA) is 83.8 Å². The fourth-order valence-electron chi connectivity index (χ4n) is 2.24. The average molecular weight is 322 g/mol. The molecule has 0 bridgehead atoms. The third kappa shape index (κ3) is 3.84. The molecule has 1 aromatic carbocycles. The number of rotatable bonds is 8. The van der Waals surface area contributed by atoms with Crippen molar-refractivity contribution in [2.75, 3.05) is 13.7 Å². The number of methoxy groups -OCH3 is 1. The van der Waals surface area contributed by atoms with Crippen LogP contribution in [0.4, 0.5) is 0 Å². The molecule has 2 aromatic rings. The van der Waals surface area contributed by atoms with Gasteiger partial charge in [-0.15, -0.1) is 11.3 Å². The lowest BCUT2D eigenvalue weighted by Crippen LogP contribution is -2.01. The van der Waals surface area contributed by atoms with E-state index < -0.39 is 5.97 Å². The monoisotopic (exact) mass is 322 g/mol. The molecular formula is C16H18O5S. The van der Waals surface area contributed by atoms with Gasteiger partial charge >= 0.3 is 5.97 Å². The predicted molar refractivity (Wildman–Crippen MR) is 85.0 cm³/mol. The van der Waals surface area contributed by atoms with Gasteiger partial charge in [0.05, 0.1) is 18.4 Å². The molecule has 0 atom stereocenters. The fourth-order valence-corrected chi connectivity index (χ4v) is 3.32. The number of thiophene rings is 1. The molecule has 1 heterocycles. The minimum Gasteiger partial charge on any atom is -0.496 e. The second-order valence-electron chi connectivity index (χ2n) is 4.96. The molecule has 0 aliphatic rings. The number of Topliss-reactive ketones (excluding diaryl/α,β-unsaturated/α-hetero) is 1. The zero-order valence-corrected chi connectivity index (χ0v) is 13.1. The molecule has 0 amide bonds. The maximum Gasteiger partial charge on any atom is 0.303 e. The molecule has 0 saturated carbocycles. The largest absolute Gasteiger partial charge is 0.496 e. The standard InChI is InChI=1S/C16H18O5S/c1-21-13-7-11-9-15(12(18)4-5-16(19)20)22-14(11)8-10(13)3-2-6-17/h7-9,17H,2-6H2,1H3,(H,19,20). The zero-order valence-electron chi connectivity index (χ0n) is 12.3. The van der Waals surface area contributed by atoms with Crippen LogP contribution in [0.3, 0.4) is 0 Å². The van der Waals surface area contributed by atoms with Crippen LogP contribution in [0.15, 0.2) is 18.2 Å². The highest BCUT2D eigenvalue weighted by Gasteiger charge is 2.14. The summed E-state index contributed by atoms with van der Waals surface area (Å²) in [5, 5.41) is 18.5. The number of fused-ring (bicyclic) bond motifs is 1. The van der Waals surface area contributed by atoms with Crippen molar-refractivity contribution in [3.05, 3.63) is 28.6 Å². The van der Waals surface area contributed by atoms with E-state index in [1.807, 2.05) is 12.1 Å². The Kier molecular flexibility index (Phi) is 5.51. The van der Waals surface area contributed by atoms with Crippen LogP contribution in [0.5, 0.6) is 5.75 Å². The van der Waals surface area contributed by atoms with E-state index in [-0.39, 0.29) is 25.2 Å². The molecule has 0 fully saturated rings. The minimum atomic E-state index is -0.970. The summed E-state index contributed by atoms with van der Waals surface area (Å²) in [7, 11) is 1.59. The number of aliphatic hydroxyl groups excluding tert-OH is 1. The van der Waals surface area contributed by atoms with E-state index >= 15 is 0 Å². The molecule has 0 spiro atoms. The van der Waals surface area contributed by atoms with Crippen LogP contribution >= 0.6 is 11.3 Å². The minimum absolute atomic E-state index is 0.0106. The third-order valence-electron chi connectivity index (χ3n) is 3.36. The summed E-state index contributed by atoms with van der Waals surface area (Å²) < 4.78 is 6.32. The molecule has 0 unspecified atom stereocenters. The molecule has 5 nitrogen and oxygen atoms in total. The lowest BCUT2D eigenvalue weighted by atomic mass is 10.1. The second kappa shape index (κ2) is 7.38. The number of aryl methyl sites for hydroxylation is 1. The summed E-state index contributed by atoms with van der Waals surface area (Å²) in [5.74, 6) is -0.384. The van der Waals surface area contributed by atoms with Gasteiger partial charge in [-0.05, 0) is 42.0 Å². The number of aliphatic carboxylic acids is 1. The summed E-state index contributed by atoms with van der Waals surface area (Å²) in [4.78, 5) is 23.1. The van der Waals surface area contributed by atoms with E-state index in [1.54, 1.807) is 13.2 Å². The highest BCUT2D eigenvalue weighted by atomic mass is 32.1. The van der Waals surface area contributed by atoms with E-state index in [9.17, 15) is 9.59 Å². The molecule has 6 heteroatoms. The first-order valence-corrected chi connectivity index (χ1v) is 7.83. The van der Waals surface area contributed by atoms with Crippen LogP contribution in [-0.4, -0.2) is 35.7 Å². The van der Waals surface area contributed by atoms with Gasteiger partial charge in [0, 0.05) is 17.7 Å². The van der Waals surface area contributed by atoms with E-state index in [0.29, 0.717) is 17.7 Å². The Morgan fingerprint density at radius 2 is 2.00 bits per heavy atom. The molecule has 0 radical (unpaired) electrons. The van der Waals surface area contributed by atoms with E-state index in [0.717, 1.165) is 21.4 Å². The number of benzene rings is 1. The molecule has 2 rings (SSSR count). The van der Waals surface area contributed by atoms with Crippen molar-refractivity contribution >= 4 is 33.2 Å². The SMILES string of the molecule is COc1cc2cc(C(=O)CCC(=O)O)sc2cc1CCCO. The summed E-state index contributed by atoms with van der Waals surface area (Å²) in [6.07, 6.45) is 1.21. The number of hydrogen-bond donors (Lipinski definition) is 2. The van der Waals surface area contributed by atoms with Crippen molar-refractivity contribution in [2.45, 2.75) is 25.7 Å². The van der Waals surface area contributed by atoms with Crippen molar-refractivity contribution < 1.29 is 24.5 Å². The van der Waals surface area contributed by atoms with E-state index in [2.05, 4.69) is 0 Å². The molecule has 0 aliphatic heterocycles. The number of ether oxygens (including phenoxy) is 1. The summed E-state index contributed by atoms with van der Waals surface area (Å²) in [6, 6.07) is 5.64. The molecular weight excluding hydrogens is 304 g/mol. The Morgan fingerprint density at radius 1 is 1.23 bits per heavy atom. The summed E-state index contributed by atoms with van der Waals surface area (Å²) in [6.45, 7) is 0.116. The quantitative estimate of drug-likeness (QED) is 0.730. The van der Waals surface area contributed by atoms with Crippen molar-refractivity contribution in [2.24, 2.45) is 0 Å². The predicted octanol–water partition coefficient (Wildman–Crippen LogP) is 2.88. The van der Waals surface area contributed by atoms with Gasteiger partial charge in [-0.1, -0.05) is 0 Å². The van der Waals surface area contributed by atoms with Crippen molar-refractivity contribution in [1.82, 2.24) is 0 Å². The highest BCUT2D eigenvalue weighted by Crippen LogP contribution is 2.33. The highest BCUT2D eigenvalue weighted by molar-refractivity contribution is 7.20. The number of carboxylic acids is 1. The zero-order chi connectivity index (χ0) is 16.1. The number of aliphatic hydroxyl groups is 1. The summed E-state index contributed by atoms with van der Waals surface area (Å²) in [5.41, 5.74) is 0.996. The molecule has 0 aliphatic carbocycles. The maximum atomic E-state index is 12.0. The van der Waals surface area contributed by atoms with Crippen LogP contribution in [0, 0.1) is 0 Å². The summed E-state index contributed by atoms with van der Waals surface area (Å²) >= 11 is 1.36. The van der Waals surface area contributed by atoms with Crippen molar-refractivity contribution in [3.8, 4) is 5.75 Å². The van der Waals surface area contributed by atoms with Crippen LogP contribution in [0.1, 0.15) is 34.5 Å². The van der Waals surface area contributed by atoms with Crippen molar-refractivity contribution in [1.29, 1.82) is 0 Å². The fraction of sp³-hybridized carbons (Fsp3) is 0.375. The normalized spacial score (nSPS) is 10.8. The van der Waals surface area contributed by atoms with Gasteiger partial charge in [0.25, 0.3) is 0 Å². The number of carboxylic acid groups (broad SMARTS) is 1. The first-order valence-electron chi connectivity index (χ1n) is 7.01. The number of carbonyl (C=O) groups is 2. The van der Waals surface area contributed by atoms with Gasteiger partial charge in [0.15, 0.2) is 5.78 Å². The van der Waals surface area contributed by atoms with Crippen LogP contribution in [0.2, 0.25) is 0 Å². The van der Waals surface area contributed by atoms with Gasteiger partial charge in [0.2, 0.25) is 0 Å². The number of carbonyl (C=O) groups excluding carboxylic acids is 1. The Bertz CT molecular complexity index is 689. The molecule has 0 saturated heterocycles.